The van der Waals surface area contributed by atoms with Crippen molar-refractivity contribution in [1.29, 1.82) is 10.7 Å². The Kier molecular flexibility index (Phi) is 6.71. The van der Waals surface area contributed by atoms with Gasteiger partial charge in [0.2, 0.25) is 0 Å². The molecule has 2 aromatic rings. The molecule has 0 aliphatic carbocycles. The molecule has 0 unspecified atom stereocenters. The number of carbonyl (C=O) groups is 1. The number of rotatable bonds is 5. The summed E-state index contributed by atoms with van der Waals surface area (Å²) >= 11 is 11.9. The molecule has 0 heterocycles. The van der Waals surface area contributed by atoms with E-state index in [2.05, 4.69) is 10.3 Å². The van der Waals surface area contributed by atoms with E-state index in [1.54, 1.807) is 0 Å². The Morgan fingerprint density at radius 2 is 2.15 bits per heavy atom. The summed E-state index contributed by atoms with van der Waals surface area (Å²) in [5.41, 5.74) is 5.65. The van der Waals surface area contributed by atoms with Crippen molar-refractivity contribution in [3.05, 3.63) is 57.3 Å². The first kappa shape index (κ1) is 20.2. The molecular formula is C17H12Cl2FN5O2. The van der Waals surface area contributed by atoms with Gasteiger partial charge in [-0.3, -0.25) is 10.2 Å². The SMILES string of the molecule is N#Cc1cc(Cl)cc(Oc2c(Cl)ccc(CNC(=O)C(N)=NC=N)c2F)c1. The molecule has 0 aliphatic heterocycles. The van der Waals surface area contributed by atoms with Crippen molar-refractivity contribution in [3.63, 3.8) is 0 Å². The van der Waals surface area contributed by atoms with Crippen molar-refractivity contribution in [2.45, 2.75) is 6.54 Å². The van der Waals surface area contributed by atoms with Crippen LogP contribution >= 0.6 is 23.2 Å². The molecule has 10 heteroatoms. The maximum Gasteiger partial charge on any atom is 0.286 e. The van der Waals surface area contributed by atoms with Gasteiger partial charge in [-0.15, -0.1) is 0 Å². The summed E-state index contributed by atoms with van der Waals surface area (Å²) < 4.78 is 20.2. The number of nitriles is 1. The summed E-state index contributed by atoms with van der Waals surface area (Å²) in [4.78, 5) is 15.0. The number of nitrogens with two attached hydrogens (primary N) is 1. The van der Waals surface area contributed by atoms with Crippen molar-refractivity contribution in [2.75, 3.05) is 0 Å². The van der Waals surface area contributed by atoms with Crippen molar-refractivity contribution < 1.29 is 13.9 Å². The molecule has 0 aromatic heterocycles. The lowest BCUT2D eigenvalue weighted by Crippen LogP contribution is -2.36. The molecule has 0 atom stereocenters. The van der Waals surface area contributed by atoms with Crippen LogP contribution in [0.3, 0.4) is 0 Å². The second-order valence-corrected chi connectivity index (χ2v) is 5.91. The minimum Gasteiger partial charge on any atom is -0.453 e. The van der Waals surface area contributed by atoms with E-state index in [4.69, 9.17) is 44.3 Å². The van der Waals surface area contributed by atoms with Gasteiger partial charge in [0.1, 0.15) is 12.1 Å². The van der Waals surface area contributed by atoms with Gasteiger partial charge in [0.25, 0.3) is 5.91 Å². The number of halogens is 3. The fourth-order valence-electron chi connectivity index (χ4n) is 2.00. The lowest BCUT2D eigenvalue weighted by Gasteiger charge is -2.13. The van der Waals surface area contributed by atoms with Crippen LogP contribution in [-0.4, -0.2) is 18.1 Å². The largest absolute Gasteiger partial charge is 0.453 e. The van der Waals surface area contributed by atoms with Crippen LogP contribution in [0, 0.1) is 22.6 Å². The third kappa shape index (κ3) is 5.17. The quantitative estimate of drug-likeness (QED) is 0.518. The number of ether oxygens (including phenoxy) is 1. The first-order valence-corrected chi connectivity index (χ1v) is 8.07. The molecule has 1 amide bonds. The Bertz CT molecular complexity index is 973. The highest BCUT2D eigenvalue weighted by Gasteiger charge is 2.17. The minimum absolute atomic E-state index is 0.00839. The molecule has 7 nitrogen and oxygen atoms in total. The van der Waals surface area contributed by atoms with Crippen LogP contribution in [0.25, 0.3) is 0 Å². The Labute approximate surface area is 163 Å². The molecule has 138 valence electrons. The van der Waals surface area contributed by atoms with E-state index in [9.17, 15) is 9.18 Å². The summed E-state index contributed by atoms with van der Waals surface area (Å²) in [6, 6.07) is 8.89. The molecule has 0 bridgehead atoms. The lowest BCUT2D eigenvalue weighted by atomic mass is 10.2. The van der Waals surface area contributed by atoms with Crippen LogP contribution in [0.2, 0.25) is 10.0 Å². The van der Waals surface area contributed by atoms with Gasteiger partial charge in [-0.1, -0.05) is 29.3 Å². The fraction of sp³-hybridized carbons (Fsp3) is 0.0588. The highest BCUT2D eigenvalue weighted by Crippen LogP contribution is 2.35. The highest BCUT2D eigenvalue weighted by molar-refractivity contribution is 6.38. The zero-order valence-corrected chi connectivity index (χ0v) is 15.1. The van der Waals surface area contributed by atoms with Gasteiger partial charge >= 0.3 is 0 Å². The predicted octanol–water partition coefficient (Wildman–Crippen LogP) is 3.38. The molecule has 0 saturated heterocycles. The Hall–Kier alpha value is -3.15. The summed E-state index contributed by atoms with van der Waals surface area (Å²) in [6.45, 7) is -0.217. The van der Waals surface area contributed by atoms with E-state index >= 15 is 0 Å². The van der Waals surface area contributed by atoms with E-state index in [0.717, 1.165) is 0 Å². The van der Waals surface area contributed by atoms with Gasteiger partial charge in [0.05, 0.1) is 16.7 Å². The minimum atomic E-state index is -0.802. The number of nitrogens with zero attached hydrogens (tertiary/aromatic N) is 2. The Morgan fingerprint density at radius 1 is 1.41 bits per heavy atom. The van der Waals surface area contributed by atoms with E-state index in [-0.39, 0.29) is 39.2 Å². The molecule has 4 N–H and O–H groups in total. The maximum atomic E-state index is 14.7. The number of benzene rings is 2. The lowest BCUT2D eigenvalue weighted by molar-refractivity contribution is -0.115. The normalized spacial score (nSPS) is 10.8. The van der Waals surface area contributed by atoms with Gasteiger partial charge in [-0.05, 0) is 24.3 Å². The fourth-order valence-corrected chi connectivity index (χ4v) is 2.41. The van der Waals surface area contributed by atoms with Crippen LogP contribution in [0.5, 0.6) is 11.5 Å². The summed E-state index contributed by atoms with van der Waals surface area (Å²) in [6.07, 6.45) is 0.615. The molecule has 2 aromatic carbocycles. The van der Waals surface area contributed by atoms with Crippen LogP contribution < -0.4 is 15.8 Å². The van der Waals surface area contributed by atoms with Crippen molar-refractivity contribution in [3.8, 4) is 17.6 Å². The van der Waals surface area contributed by atoms with Crippen LogP contribution in [0.1, 0.15) is 11.1 Å². The first-order chi connectivity index (χ1) is 12.8. The number of hydrogen-bond donors (Lipinski definition) is 3. The number of aliphatic imine (C=N–C) groups is 1. The monoisotopic (exact) mass is 407 g/mol. The van der Waals surface area contributed by atoms with E-state index in [1.165, 1.54) is 30.3 Å². The van der Waals surface area contributed by atoms with Gasteiger partial charge in [-0.25, -0.2) is 9.38 Å². The second-order valence-electron chi connectivity index (χ2n) is 5.07. The standard InChI is InChI=1S/C17H12Cl2FN5O2/c18-11-3-9(6-21)4-12(5-11)27-15-13(19)2-1-10(14(15)20)7-24-17(26)16(23)25-8-22/h1-5,8H,7H2,(H,24,26)(H3,22,23,25). The first-order valence-electron chi connectivity index (χ1n) is 7.31. The molecule has 0 radical (unpaired) electrons. The molecular weight excluding hydrogens is 396 g/mol. The van der Waals surface area contributed by atoms with Crippen molar-refractivity contribution >= 4 is 41.3 Å². The summed E-state index contributed by atoms with van der Waals surface area (Å²) in [5.74, 6) is -2.15. The maximum absolute atomic E-state index is 14.7. The summed E-state index contributed by atoms with van der Waals surface area (Å²) in [7, 11) is 0. The van der Waals surface area contributed by atoms with E-state index < -0.39 is 17.6 Å². The average molecular weight is 408 g/mol. The highest BCUT2D eigenvalue weighted by atomic mass is 35.5. The Balaban J connectivity index is 2.26. The third-order valence-electron chi connectivity index (χ3n) is 3.23. The molecule has 27 heavy (non-hydrogen) atoms. The molecule has 2 rings (SSSR count). The number of amidine groups is 1. The number of nitrogens with one attached hydrogen (secondary N) is 2. The van der Waals surface area contributed by atoms with Crippen LogP contribution in [0.15, 0.2) is 35.3 Å². The zero-order valence-electron chi connectivity index (χ0n) is 13.6. The molecule has 0 aliphatic rings. The number of carbonyl (C=O) groups excluding carboxylic acids is 1. The smallest absolute Gasteiger partial charge is 0.286 e. The number of amides is 1. The topological polar surface area (TPSA) is 124 Å². The van der Waals surface area contributed by atoms with Gasteiger partial charge < -0.3 is 15.8 Å². The number of hydrogen-bond acceptors (Lipinski definition) is 4. The predicted molar refractivity (Wildman–Crippen MR) is 99.9 cm³/mol. The van der Waals surface area contributed by atoms with Crippen molar-refractivity contribution in [1.82, 2.24) is 5.32 Å². The second kappa shape index (κ2) is 8.98. The van der Waals surface area contributed by atoms with Crippen LogP contribution in [-0.2, 0) is 11.3 Å². The third-order valence-corrected chi connectivity index (χ3v) is 3.74. The van der Waals surface area contributed by atoms with E-state index in [0.29, 0.717) is 6.34 Å². The molecule has 0 spiro atoms. The van der Waals surface area contributed by atoms with Gasteiger partial charge in [0, 0.05) is 17.1 Å². The van der Waals surface area contributed by atoms with E-state index in [1.807, 2.05) is 6.07 Å². The van der Waals surface area contributed by atoms with Crippen LogP contribution in [0.4, 0.5) is 4.39 Å². The van der Waals surface area contributed by atoms with Gasteiger partial charge in [0.15, 0.2) is 17.4 Å². The average Bonchev–Trinajstić information content (AvgIpc) is 2.64. The molecule has 0 saturated carbocycles. The summed E-state index contributed by atoms with van der Waals surface area (Å²) in [5, 5.41) is 18.3. The zero-order chi connectivity index (χ0) is 20.0. The van der Waals surface area contributed by atoms with Gasteiger partial charge in [-0.2, -0.15) is 5.26 Å². The molecule has 0 fully saturated rings. The van der Waals surface area contributed by atoms with Crippen molar-refractivity contribution in [2.24, 2.45) is 10.7 Å². The Morgan fingerprint density at radius 3 is 2.81 bits per heavy atom.